The van der Waals surface area contributed by atoms with Crippen molar-refractivity contribution in [2.45, 2.75) is 68.1 Å². The number of aromatic hydroxyl groups is 1. The standard InChI is InChI=1S/C36H45N4O9S3.Mo/c1-7-17-39(19-9-15-37-35(42)23(3)4)51(46,47)31-22-32(52(48,49)40(18-8-2)20-10-16-38-36(43)24(5)6)28-14-12-26-30(50(44)45)21-29(41)25-11-13-27(31)34(28)33(25)26;/h11-14,21-22,41H,3,5,7-10,15-20H2,1-2,4,6H3,(H,37,42)(H,38,43);/q-1;. The SMILES string of the molecule is C=C(C)C(=O)NCCCN(CCC)S(=O)(=O)c1cc(S(=O)(=O)N(CCC)CCCNC(=O)C(=C)C)c2ccc3c([S-](=O)=O)cc(O)c4ccc1c2c43.[Mo]. The fourth-order valence-corrected chi connectivity index (χ4v) is 10.3. The first-order valence-electron chi connectivity index (χ1n) is 16.9. The first-order valence-corrected chi connectivity index (χ1v) is 20.9. The monoisotopic (exact) mass is 871 g/mol. The predicted octanol–water partition coefficient (Wildman–Crippen LogP) is 4.92. The van der Waals surface area contributed by atoms with Crippen molar-refractivity contribution in [1.29, 1.82) is 0 Å². The zero-order valence-electron chi connectivity index (χ0n) is 30.2. The molecule has 4 rings (SSSR count). The summed E-state index contributed by atoms with van der Waals surface area (Å²) in [7, 11) is -11.6. The van der Waals surface area contributed by atoms with E-state index in [4.69, 9.17) is 0 Å². The van der Waals surface area contributed by atoms with Crippen LogP contribution in [0.3, 0.4) is 0 Å². The van der Waals surface area contributed by atoms with Gasteiger partial charge in [0.1, 0.15) is 5.75 Å². The number of hydrogen-bond donors (Lipinski definition) is 3. The van der Waals surface area contributed by atoms with Gasteiger partial charge in [0.2, 0.25) is 31.9 Å². The van der Waals surface area contributed by atoms with E-state index in [2.05, 4.69) is 23.8 Å². The summed E-state index contributed by atoms with van der Waals surface area (Å²) in [6.45, 7) is 14.5. The first kappa shape index (κ1) is 44.0. The number of amides is 2. The second-order valence-electron chi connectivity index (χ2n) is 12.7. The molecule has 0 aliphatic heterocycles. The maximum atomic E-state index is 14.7. The number of phenolic OH excluding ortho intramolecular Hbond substituents is 1. The molecule has 0 heterocycles. The molecule has 288 valence electrons. The van der Waals surface area contributed by atoms with Crippen molar-refractivity contribution >= 4 is 74.9 Å². The van der Waals surface area contributed by atoms with Crippen molar-refractivity contribution < 1.29 is 61.0 Å². The summed E-state index contributed by atoms with van der Waals surface area (Å²) in [5, 5.41) is 17.4. The minimum Gasteiger partial charge on any atom is -0.507 e. The Bertz CT molecular complexity index is 2240. The van der Waals surface area contributed by atoms with Gasteiger partial charge in [-0.25, -0.2) is 16.8 Å². The van der Waals surface area contributed by atoms with Crippen molar-refractivity contribution in [1.82, 2.24) is 19.2 Å². The van der Waals surface area contributed by atoms with Crippen LogP contribution in [0.25, 0.3) is 32.3 Å². The zero-order valence-corrected chi connectivity index (χ0v) is 34.6. The van der Waals surface area contributed by atoms with Crippen molar-refractivity contribution in [2.75, 3.05) is 39.3 Å². The Kier molecular flexibility index (Phi) is 15.2. The number of nitrogens with zero attached hydrogens (tertiary/aromatic N) is 2. The van der Waals surface area contributed by atoms with Crippen LogP contribution in [0.2, 0.25) is 0 Å². The molecule has 0 unspecified atom stereocenters. The van der Waals surface area contributed by atoms with Gasteiger partial charge in [0, 0.05) is 93.0 Å². The van der Waals surface area contributed by atoms with E-state index in [1.54, 1.807) is 27.7 Å². The van der Waals surface area contributed by atoms with Gasteiger partial charge in [-0.05, 0) is 79.2 Å². The first-order chi connectivity index (χ1) is 24.5. The number of nitrogens with one attached hydrogen (secondary N) is 2. The van der Waals surface area contributed by atoms with Crippen molar-refractivity contribution in [2.24, 2.45) is 0 Å². The molecule has 0 bridgehead atoms. The molecule has 0 saturated heterocycles. The minimum absolute atomic E-state index is 0. The Morgan fingerprint density at radius 3 is 1.49 bits per heavy atom. The van der Waals surface area contributed by atoms with Crippen LogP contribution in [0.15, 0.2) is 75.4 Å². The summed E-state index contributed by atoms with van der Waals surface area (Å²) in [5.74, 6) is -1.08. The maximum absolute atomic E-state index is 14.7. The number of rotatable bonds is 19. The predicted molar refractivity (Wildman–Crippen MR) is 202 cm³/mol. The molecular formula is C36H45MoN4O9S3-. The van der Waals surface area contributed by atoms with Gasteiger partial charge in [-0.1, -0.05) is 50.1 Å². The van der Waals surface area contributed by atoms with Crippen LogP contribution in [-0.4, -0.2) is 81.6 Å². The molecule has 4 aromatic rings. The Morgan fingerprint density at radius 1 is 0.698 bits per heavy atom. The topological polar surface area (TPSA) is 187 Å². The van der Waals surface area contributed by atoms with Crippen LogP contribution >= 0.6 is 0 Å². The average Bonchev–Trinajstić information content (AvgIpc) is 3.09. The van der Waals surface area contributed by atoms with E-state index in [1.807, 2.05) is 0 Å². The summed E-state index contributed by atoms with van der Waals surface area (Å²) in [5.41, 5.74) is 0.619. The summed E-state index contributed by atoms with van der Waals surface area (Å²) in [6.07, 6.45) is 1.39. The number of hydrogen-bond acceptors (Lipinski definition) is 10. The summed E-state index contributed by atoms with van der Waals surface area (Å²) in [4.78, 5) is 23.2. The zero-order chi connectivity index (χ0) is 38.5. The van der Waals surface area contributed by atoms with Gasteiger partial charge < -0.3 is 24.2 Å². The molecule has 0 radical (unpaired) electrons. The van der Waals surface area contributed by atoms with Crippen molar-refractivity contribution in [3.8, 4) is 5.75 Å². The molecule has 0 fully saturated rings. The maximum Gasteiger partial charge on any atom is 0.246 e. The van der Waals surface area contributed by atoms with Crippen molar-refractivity contribution in [3.05, 3.63) is 60.7 Å². The van der Waals surface area contributed by atoms with Crippen LogP contribution in [0, 0.1) is 0 Å². The molecule has 13 nitrogen and oxygen atoms in total. The van der Waals surface area contributed by atoms with E-state index in [-0.39, 0.29) is 138 Å². The molecular weight excluding hydrogens is 825 g/mol. The van der Waals surface area contributed by atoms with E-state index in [0.29, 0.717) is 24.0 Å². The number of sulfonamides is 2. The second-order valence-corrected chi connectivity index (χ2v) is 17.4. The Hall–Kier alpha value is -3.40. The third-order valence-corrected chi connectivity index (χ3v) is 13.2. The largest absolute Gasteiger partial charge is 0.507 e. The molecule has 0 saturated carbocycles. The third kappa shape index (κ3) is 9.29. The smallest absolute Gasteiger partial charge is 0.246 e. The molecule has 3 N–H and O–H groups in total. The van der Waals surface area contributed by atoms with Gasteiger partial charge in [-0.3, -0.25) is 9.59 Å². The number of phenols is 1. The fraction of sp³-hybridized carbons (Fsp3) is 0.389. The molecule has 0 aliphatic rings. The third-order valence-electron chi connectivity index (χ3n) is 8.64. The molecule has 17 heteroatoms. The van der Waals surface area contributed by atoms with Crippen LogP contribution in [0.5, 0.6) is 5.75 Å². The minimum atomic E-state index is -4.42. The van der Waals surface area contributed by atoms with E-state index >= 15 is 0 Å². The molecule has 0 aliphatic carbocycles. The Labute approximate surface area is 327 Å². The fourth-order valence-electron chi connectivity index (χ4n) is 6.14. The normalized spacial score (nSPS) is 12.2. The van der Waals surface area contributed by atoms with Gasteiger partial charge >= 0.3 is 0 Å². The molecule has 0 aromatic heterocycles. The van der Waals surface area contributed by atoms with Gasteiger partial charge in [0.15, 0.2) is 0 Å². The van der Waals surface area contributed by atoms with Gasteiger partial charge in [-0.15, -0.1) is 0 Å². The molecule has 4 aromatic carbocycles. The molecule has 0 spiro atoms. The summed E-state index contributed by atoms with van der Waals surface area (Å²) in [6, 6.07) is 8.17. The van der Waals surface area contributed by atoms with E-state index < -0.39 is 30.8 Å². The van der Waals surface area contributed by atoms with E-state index in [0.717, 1.165) is 12.1 Å². The van der Waals surface area contributed by atoms with Crippen molar-refractivity contribution in [3.63, 3.8) is 0 Å². The number of carbonyl (C=O) groups is 2. The molecule has 53 heavy (non-hydrogen) atoms. The second kappa shape index (κ2) is 18.3. The van der Waals surface area contributed by atoms with Gasteiger partial charge in [-0.2, -0.15) is 8.61 Å². The summed E-state index contributed by atoms with van der Waals surface area (Å²) < 4.78 is 85.8. The van der Waals surface area contributed by atoms with Gasteiger partial charge in [0.05, 0.1) is 9.79 Å². The Morgan fingerprint density at radius 2 is 1.09 bits per heavy atom. The molecule has 0 atom stereocenters. The summed E-state index contributed by atoms with van der Waals surface area (Å²) >= 11 is 0. The Balaban J connectivity index is 0.00000756. The molecule has 2 amide bonds. The average molecular weight is 870 g/mol. The van der Waals surface area contributed by atoms with Gasteiger partial charge in [0.25, 0.3) is 0 Å². The van der Waals surface area contributed by atoms with Crippen LogP contribution in [-0.2, 0) is 69.8 Å². The van der Waals surface area contributed by atoms with Crippen LogP contribution < -0.4 is 10.6 Å². The van der Waals surface area contributed by atoms with Crippen LogP contribution in [0.1, 0.15) is 53.4 Å². The quantitative estimate of drug-likeness (QED) is 0.0387. The van der Waals surface area contributed by atoms with Crippen LogP contribution in [0.4, 0.5) is 0 Å². The number of carbonyl (C=O) groups excluding carboxylic acids is 2. The van der Waals surface area contributed by atoms with E-state index in [1.165, 1.54) is 32.9 Å². The van der Waals surface area contributed by atoms with E-state index in [9.17, 15) is 39.9 Å². The number of benzene rings is 4.